The van der Waals surface area contributed by atoms with E-state index < -0.39 is 22.0 Å². The molecule has 0 spiro atoms. The van der Waals surface area contributed by atoms with Crippen molar-refractivity contribution in [1.82, 2.24) is 5.32 Å². The van der Waals surface area contributed by atoms with Crippen LogP contribution in [0.4, 0.5) is 5.69 Å². The first-order valence-electron chi connectivity index (χ1n) is 8.93. The number of methoxy groups -OCH3 is 1. The first-order valence-corrected chi connectivity index (χ1v) is 11.2. The van der Waals surface area contributed by atoms with Gasteiger partial charge in [-0.05, 0) is 55.8 Å². The van der Waals surface area contributed by atoms with Crippen LogP contribution in [0.2, 0.25) is 5.02 Å². The molecule has 1 N–H and O–H groups in total. The summed E-state index contributed by atoms with van der Waals surface area (Å²) in [5, 5.41) is 3.30. The van der Waals surface area contributed by atoms with E-state index in [4.69, 9.17) is 21.1 Å². The molecule has 9 heteroatoms. The van der Waals surface area contributed by atoms with Crippen LogP contribution in [0.25, 0.3) is 0 Å². The van der Waals surface area contributed by atoms with Crippen molar-refractivity contribution in [1.29, 1.82) is 0 Å². The molecule has 0 aromatic heterocycles. The standard InChI is InChI=1S/C20H25ClN2O5S/c1-14-5-8-18(13-19(14)21)28-12-11-22-20(24)15(2)23(29(4,25)26)16-6-9-17(27-3)10-7-16/h5-10,13,15H,11-12H2,1-4H3,(H,22,24). The zero-order chi connectivity index (χ0) is 21.6. The van der Waals surface area contributed by atoms with Crippen LogP contribution in [-0.2, 0) is 14.8 Å². The first kappa shape index (κ1) is 22.8. The van der Waals surface area contributed by atoms with Crippen LogP contribution in [0.3, 0.4) is 0 Å². The molecule has 2 aromatic carbocycles. The number of benzene rings is 2. The van der Waals surface area contributed by atoms with E-state index in [0.717, 1.165) is 16.1 Å². The number of anilines is 1. The zero-order valence-electron chi connectivity index (χ0n) is 16.8. The summed E-state index contributed by atoms with van der Waals surface area (Å²) in [6.07, 6.45) is 1.06. The molecule has 0 saturated carbocycles. The van der Waals surface area contributed by atoms with Gasteiger partial charge in [0, 0.05) is 5.02 Å². The van der Waals surface area contributed by atoms with Crippen LogP contribution in [0, 0.1) is 6.92 Å². The van der Waals surface area contributed by atoms with E-state index in [0.29, 0.717) is 22.2 Å². The number of hydrogen-bond donors (Lipinski definition) is 1. The highest BCUT2D eigenvalue weighted by Gasteiger charge is 2.28. The second kappa shape index (κ2) is 9.84. The smallest absolute Gasteiger partial charge is 0.243 e. The van der Waals surface area contributed by atoms with Crippen molar-refractivity contribution in [3.8, 4) is 11.5 Å². The summed E-state index contributed by atoms with van der Waals surface area (Å²) in [6.45, 7) is 3.86. The lowest BCUT2D eigenvalue weighted by Gasteiger charge is -2.28. The van der Waals surface area contributed by atoms with E-state index in [2.05, 4.69) is 5.32 Å². The lowest BCUT2D eigenvalue weighted by Crippen LogP contribution is -2.48. The second-order valence-electron chi connectivity index (χ2n) is 6.48. The maximum atomic E-state index is 12.5. The predicted molar refractivity (Wildman–Crippen MR) is 114 cm³/mol. The Morgan fingerprint density at radius 3 is 2.34 bits per heavy atom. The number of halogens is 1. The topological polar surface area (TPSA) is 84.9 Å². The Labute approximate surface area is 176 Å². The lowest BCUT2D eigenvalue weighted by atomic mass is 10.2. The van der Waals surface area contributed by atoms with Gasteiger partial charge < -0.3 is 14.8 Å². The fourth-order valence-corrected chi connectivity index (χ4v) is 4.04. The van der Waals surface area contributed by atoms with Crippen molar-refractivity contribution in [3.05, 3.63) is 53.1 Å². The first-order chi connectivity index (χ1) is 13.6. The number of amides is 1. The second-order valence-corrected chi connectivity index (χ2v) is 8.75. The summed E-state index contributed by atoms with van der Waals surface area (Å²) in [6, 6.07) is 10.9. The number of sulfonamides is 1. The van der Waals surface area contributed by atoms with Gasteiger partial charge in [-0.2, -0.15) is 0 Å². The van der Waals surface area contributed by atoms with Crippen molar-refractivity contribution >= 4 is 33.2 Å². The van der Waals surface area contributed by atoms with Crippen LogP contribution in [0.15, 0.2) is 42.5 Å². The Bertz CT molecular complexity index is 948. The molecule has 2 aromatic rings. The molecule has 0 aliphatic heterocycles. The van der Waals surface area contributed by atoms with Crippen LogP contribution < -0.4 is 19.1 Å². The molecule has 0 fully saturated rings. The van der Waals surface area contributed by atoms with Gasteiger partial charge in [-0.3, -0.25) is 9.10 Å². The number of ether oxygens (including phenoxy) is 2. The lowest BCUT2D eigenvalue weighted by molar-refractivity contribution is -0.121. The van der Waals surface area contributed by atoms with Crippen LogP contribution in [0.5, 0.6) is 11.5 Å². The fraction of sp³-hybridized carbons (Fsp3) is 0.350. The Morgan fingerprint density at radius 2 is 1.79 bits per heavy atom. The zero-order valence-corrected chi connectivity index (χ0v) is 18.4. The third-order valence-electron chi connectivity index (χ3n) is 4.23. The molecule has 0 aliphatic rings. The quantitative estimate of drug-likeness (QED) is 0.606. The van der Waals surface area contributed by atoms with Gasteiger partial charge in [-0.1, -0.05) is 17.7 Å². The van der Waals surface area contributed by atoms with Gasteiger partial charge in [0.2, 0.25) is 15.9 Å². The number of aryl methyl sites for hydroxylation is 1. The molecular formula is C20H25ClN2O5S. The molecule has 0 heterocycles. The number of carbonyl (C=O) groups is 1. The van der Waals surface area contributed by atoms with E-state index in [1.165, 1.54) is 14.0 Å². The van der Waals surface area contributed by atoms with Crippen LogP contribution in [-0.4, -0.2) is 46.9 Å². The van der Waals surface area contributed by atoms with E-state index in [1.54, 1.807) is 36.4 Å². The Kier molecular flexibility index (Phi) is 7.75. The highest BCUT2D eigenvalue weighted by Crippen LogP contribution is 2.24. The minimum absolute atomic E-state index is 0.217. The van der Waals surface area contributed by atoms with Crippen molar-refractivity contribution < 1.29 is 22.7 Å². The molecule has 2 rings (SSSR count). The Morgan fingerprint density at radius 1 is 1.17 bits per heavy atom. The summed E-state index contributed by atoms with van der Waals surface area (Å²) in [7, 11) is -2.16. The summed E-state index contributed by atoms with van der Waals surface area (Å²) < 4.78 is 36.3. The number of carbonyl (C=O) groups excluding carboxylic acids is 1. The normalized spacial score (nSPS) is 12.2. The van der Waals surface area contributed by atoms with Gasteiger partial charge in [0.15, 0.2) is 0 Å². The summed E-state index contributed by atoms with van der Waals surface area (Å²) >= 11 is 6.05. The van der Waals surface area contributed by atoms with E-state index in [9.17, 15) is 13.2 Å². The molecule has 0 bridgehead atoms. The molecule has 7 nitrogen and oxygen atoms in total. The molecular weight excluding hydrogens is 416 g/mol. The highest BCUT2D eigenvalue weighted by molar-refractivity contribution is 7.92. The molecule has 1 unspecified atom stereocenters. The maximum Gasteiger partial charge on any atom is 0.243 e. The molecule has 0 aliphatic carbocycles. The molecule has 1 atom stereocenters. The largest absolute Gasteiger partial charge is 0.497 e. The number of hydrogen-bond acceptors (Lipinski definition) is 5. The average Bonchev–Trinajstić information content (AvgIpc) is 2.67. The van der Waals surface area contributed by atoms with E-state index in [-0.39, 0.29) is 13.2 Å². The van der Waals surface area contributed by atoms with Gasteiger partial charge in [-0.15, -0.1) is 0 Å². The monoisotopic (exact) mass is 440 g/mol. The van der Waals surface area contributed by atoms with Gasteiger partial charge >= 0.3 is 0 Å². The Hall–Kier alpha value is -2.45. The number of nitrogens with one attached hydrogen (secondary N) is 1. The molecule has 1 amide bonds. The van der Waals surface area contributed by atoms with E-state index in [1.807, 2.05) is 13.0 Å². The third kappa shape index (κ3) is 6.27. The molecule has 29 heavy (non-hydrogen) atoms. The molecule has 0 radical (unpaired) electrons. The van der Waals surface area contributed by atoms with Gasteiger partial charge in [0.25, 0.3) is 0 Å². The summed E-state index contributed by atoms with van der Waals surface area (Å²) in [5.74, 6) is 0.753. The molecule has 158 valence electrons. The van der Waals surface area contributed by atoms with Crippen molar-refractivity contribution in [3.63, 3.8) is 0 Å². The Balaban J connectivity index is 1.98. The fourth-order valence-electron chi connectivity index (χ4n) is 2.69. The SMILES string of the molecule is COc1ccc(N(C(C)C(=O)NCCOc2ccc(C)c(Cl)c2)S(C)(=O)=O)cc1. The third-order valence-corrected chi connectivity index (χ3v) is 5.88. The maximum absolute atomic E-state index is 12.5. The van der Waals surface area contributed by atoms with Gasteiger partial charge in [0.05, 0.1) is 25.6 Å². The van der Waals surface area contributed by atoms with Gasteiger partial charge in [0.1, 0.15) is 24.1 Å². The predicted octanol–water partition coefficient (Wildman–Crippen LogP) is 3.01. The highest BCUT2D eigenvalue weighted by atomic mass is 35.5. The van der Waals surface area contributed by atoms with Gasteiger partial charge in [-0.25, -0.2) is 8.42 Å². The van der Waals surface area contributed by atoms with Crippen LogP contribution in [0.1, 0.15) is 12.5 Å². The minimum Gasteiger partial charge on any atom is -0.497 e. The van der Waals surface area contributed by atoms with Crippen molar-refractivity contribution in [2.45, 2.75) is 19.9 Å². The summed E-state index contributed by atoms with van der Waals surface area (Å²) in [4.78, 5) is 12.5. The number of rotatable bonds is 9. The number of nitrogens with zero attached hydrogens (tertiary/aromatic N) is 1. The molecule has 0 saturated heterocycles. The minimum atomic E-state index is -3.68. The van der Waals surface area contributed by atoms with E-state index >= 15 is 0 Å². The van der Waals surface area contributed by atoms with Crippen molar-refractivity contribution in [2.75, 3.05) is 30.8 Å². The van der Waals surface area contributed by atoms with Crippen molar-refractivity contribution in [2.24, 2.45) is 0 Å². The summed E-state index contributed by atoms with van der Waals surface area (Å²) in [5.41, 5.74) is 1.32. The average molecular weight is 441 g/mol. The van der Waals surface area contributed by atoms with Crippen LogP contribution >= 0.6 is 11.6 Å².